The van der Waals surface area contributed by atoms with Gasteiger partial charge in [-0.3, -0.25) is 4.79 Å². The fourth-order valence-electron chi connectivity index (χ4n) is 3.15. The normalized spacial score (nSPS) is 22.5. The molecule has 0 saturated carbocycles. The number of amides is 1. The summed E-state index contributed by atoms with van der Waals surface area (Å²) in [6.07, 6.45) is 1.05. The zero-order valence-electron chi connectivity index (χ0n) is 15.0. The van der Waals surface area contributed by atoms with E-state index < -0.39 is 10.0 Å². The summed E-state index contributed by atoms with van der Waals surface area (Å²) < 4.78 is 27.4. The second kappa shape index (κ2) is 7.66. The molecular weight excluding hydrogens is 324 g/mol. The van der Waals surface area contributed by atoms with Gasteiger partial charge in [0.15, 0.2) is 0 Å². The van der Waals surface area contributed by atoms with Gasteiger partial charge < -0.3 is 5.32 Å². The maximum atomic E-state index is 12.9. The Morgan fingerprint density at radius 2 is 1.88 bits per heavy atom. The van der Waals surface area contributed by atoms with E-state index in [1.54, 1.807) is 22.5 Å². The van der Waals surface area contributed by atoms with Crippen molar-refractivity contribution in [3.05, 3.63) is 29.8 Å². The molecule has 1 fully saturated rings. The summed E-state index contributed by atoms with van der Waals surface area (Å²) >= 11 is 0. The number of nitrogens with zero attached hydrogens (tertiary/aromatic N) is 1. The molecule has 1 amide bonds. The molecule has 0 spiro atoms. The minimum Gasteiger partial charge on any atom is -0.352 e. The number of benzene rings is 1. The highest BCUT2D eigenvalue weighted by atomic mass is 32.2. The van der Waals surface area contributed by atoms with Gasteiger partial charge in [0.2, 0.25) is 10.0 Å². The highest BCUT2D eigenvalue weighted by molar-refractivity contribution is 7.89. The summed E-state index contributed by atoms with van der Waals surface area (Å²) in [6, 6.07) is 6.33. The molecule has 134 valence electrons. The van der Waals surface area contributed by atoms with Gasteiger partial charge in [0.05, 0.1) is 4.90 Å². The lowest BCUT2D eigenvalue weighted by Crippen LogP contribution is -2.42. The van der Waals surface area contributed by atoms with E-state index in [1.165, 1.54) is 6.07 Å². The number of piperidine rings is 1. The van der Waals surface area contributed by atoms with Gasteiger partial charge in [-0.2, -0.15) is 4.31 Å². The molecule has 6 heteroatoms. The van der Waals surface area contributed by atoms with Gasteiger partial charge in [0.25, 0.3) is 5.91 Å². The number of sulfonamides is 1. The topological polar surface area (TPSA) is 66.5 Å². The van der Waals surface area contributed by atoms with E-state index in [4.69, 9.17) is 0 Å². The van der Waals surface area contributed by atoms with Crippen LogP contribution in [0.3, 0.4) is 0 Å². The zero-order chi connectivity index (χ0) is 17.9. The molecule has 0 aromatic heterocycles. The lowest BCUT2D eigenvalue weighted by atomic mass is 9.94. The molecule has 0 aliphatic carbocycles. The van der Waals surface area contributed by atoms with E-state index in [0.29, 0.717) is 43.0 Å². The van der Waals surface area contributed by atoms with Gasteiger partial charge in [-0.1, -0.05) is 33.8 Å². The van der Waals surface area contributed by atoms with Gasteiger partial charge in [-0.15, -0.1) is 0 Å². The molecule has 0 bridgehead atoms. The van der Waals surface area contributed by atoms with Gasteiger partial charge in [-0.25, -0.2) is 8.42 Å². The molecular formula is C18H28N2O3S. The second-order valence-corrected chi connectivity index (χ2v) is 9.34. The standard InChI is InChI=1S/C18H28N2O3S/c1-13(2)10-19-18(21)16-6-5-7-17(9-16)24(22,23)20-11-14(3)8-15(4)12-20/h5-7,9,13-15H,8,10-12H2,1-4H3,(H,19,21). The van der Waals surface area contributed by atoms with Crippen LogP contribution in [0.15, 0.2) is 29.2 Å². The molecule has 1 aromatic carbocycles. The van der Waals surface area contributed by atoms with Crippen LogP contribution in [0.4, 0.5) is 0 Å². The molecule has 2 unspecified atom stereocenters. The molecule has 1 saturated heterocycles. The Hall–Kier alpha value is -1.40. The quantitative estimate of drug-likeness (QED) is 0.886. The Bertz CT molecular complexity index is 675. The third-order valence-electron chi connectivity index (χ3n) is 4.24. The first-order chi connectivity index (χ1) is 11.2. The molecule has 5 nitrogen and oxygen atoms in total. The first-order valence-corrected chi connectivity index (χ1v) is 10.0. The Morgan fingerprint density at radius 3 is 2.46 bits per heavy atom. The lowest BCUT2D eigenvalue weighted by molar-refractivity contribution is 0.0949. The molecule has 24 heavy (non-hydrogen) atoms. The summed E-state index contributed by atoms with van der Waals surface area (Å²) in [7, 11) is -3.56. The Morgan fingerprint density at radius 1 is 1.25 bits per heavy atom. The average molecular weight is 353 g/mol. The van der Waals surface area contributed by atoms with Gasteiger partial charge in [-0.05, 0) is 42.4 Å². The minimum absolute atomic E-state index is 0.195. The summed E-state index contributed by atoms with van der Waals surface area (Å²) in [5.41, 5.74) is 0.384. The highest BCUT2D eigenvalue weighted by Crippen LogP contribution is 2.27. The average Bonchev–Trinajstić information content (AvgIpc) is 2.51. The van der Waals surface area contributed by atoms with E-state index in [0.717, 1.165) is 6.42 Å². The van der Waals surface area contributed by atoms with Crippen LogP contribution in [-0.2, 0) is 10.0 Å². The highest BCUT2D eigenvalue weighted by Gasteiger charge is 2.31. The summed E-state index contributed by atoms with van der Waals surface area (Å²) in [4.78, 5) is 12.4. The van der Waals surface area contributed by atoms with Crippen molar-refractivity contribution < 1.29 is 13.2 Å². The van der Waals surface area contributed by atoms with Crippen molar-refractivity contribution in [2.45, 2.75) is 39.0 Å². The fourth-order valence-corrected chi connectivity index (χ4v) is 4.87. The van der Waals surface area contributed by atoms with Crippen molar-refractivity contribution in [1.82, 2.24) is 9.62 Å². The first kappa shape index (κ1) is 18.9. The van der Waals surface area contributed by atoms with Gasteiger partial charge in [0.1, 0.15) is 0 Å². The van der Waals surface area contributed by atoms with Gasteiger partial charge in [0, 0.05) is 25.2 Å². The molecule has 1 heterocycles. The number of rotatable bonds is 5. The number of nitrogens with one attached hydrogen (secondary N) is 1. The molecule has 1 aliphatic heterocycles. The van der Waals surface area contributed by atoms with E-state index in [9.17, 15) is 13.2 Å². The van der Waals surface area contributed by atoms with E-state index in [2.05, 4.69) is 19.2 Å². The van der Waals surface area contributed by atoms with Crippen molar-refractivity contribution in [1.29, 1.82) is 0 Å². The van der Waals surface area contributed by atoms with Crippen molar-refractivity contribution >= 4 is 15.9 Å². The van der Waals surface area contributed by atoms with E-state index in [-0.39, 0.29) is 10.8 Å². The summed E-state index contributed by atoms with van der Waals surface area (Å²) in [5, 5.41) is 2.82. The number of carbonyl (C=O) groups excluding carboxylic acids is 1. The molecule has 2 rings (SSSR count). The SMILES string of the molecule is CC(C)CNC(=O)c1cccc(S(=O)(=O)N2CC(C)CC(C)C2)c1. The van der Waals surface area contributed by atoms with Crippen LogP contribution in [0, 0.1) is 17.8 Å². The molecule has 0 radical (unpaired) electrons. The van der Waals surface area contributed by atoms with E-state index in [1.807, 2.05) is 13.8 Å². The maximum absolute atomic E-state index is 12.9. The molecule has 1 aromatic rings. The first-order valence-electron chi connectivity index (χ1n) is 8.58. The third kappa shape index (κ3) is 4.57. The summed E-state index contributed by atoms with van der Waals surface area (Å²) in [6.45, 7) is 9.82. The van der Waals surface area contributed by atoms with Crippen LogP contribution in [0.1, 0.15) is 44.5 Å². The molecule has 1 aliphatic rings. The van der Waals surface area contributed by atoms with Crippen LogP contribution < -0.4 is 5.32 Å². The van der Waals surface area contributed by atoms with E-state index >= 15 is 0 Å². The van der Waals surface area contributed by atoms with Crippen molar-refractivity contribution in [3.8, 4) is 0 Å². The fraction of sp³-hybridized carbons (Fsp3) is 0.611. The zero-order valence-corrected chi connectivity index (χ0v) is 15.8. The number of carbonyl (C=O) groups is 1. The Balaban J connectivity index is 2.22. The van der Waals surface area contributed by atoms with Crippen molar-refractivity contribution in [2.24, 2.45) is 17.8 Å². The van der Waals surface area contributed by atoms with Crippen LogP contribution >= 0.6 is 0 Å². The number of hydrogen-bond acceptors (Lipinski definition) is 3. The smallest absolute Gasteiger partial charge is 0.251 e. The lowest BCUT2D eigenvalue weighted by Gasteiger charge is -2.34. The Kier molecular flexibility index (Phi) is 6.04. The van der Waals surface area contributed by atoms with Crippen LogP contribution in [0.2, 0.25) is 0 Å². The van der Waals surface area contributed by atoms with Crippen LogP contribution in [-0.4, -0.2) is 38.3 Å². The predicted octanol–water partition coefficient (Wildman–Crippen LogP) is 2.74. The van der Waals surface area contributed by atoms with Crippen molar-refractivity contribution in [3.63, 3.8) is 0 Å². The Labute approximate surface area is 145 Å². The molecule has 1 N–H and O–H groups in total. The largest absolute Gasteiger partial charge is 0.352 e. The number of hydrogen-bond donors (Lipinski definition) is 1. The predicted molar refractivity (Wildman–Crippen MR) is 95.3 cm³/mol. The maximum Gasteiger partial charge on any atom is 0.251 e. The van der Waals surface area contributed by atoms with Gasteiger partial charge >= 0.3 is 0 Å². The van der Waals surface area contributed by atoms with Crippen molar-refractivity contribution in [2.75, 3.05) is 19.6 Å². The second-order valence-electron chi connectivity index (χ2n) is 7.40. The van der Waals surface area contributed by atoms with Crippen LogP contribution in [0.25, 0.3) is 0 Å². The van der Waals surface area contributed by atoms with Crippen LogP contribution in [0.5, 0.6) is 0 Å². The minimum atomic E-state index is -3.56. The summed E-state index contributed by atoms with van der Waals surface area (Å²) in [5.74, 6) is 0.806. The molecule has 2 atom stereocenters. The monoisotopic (exact) mass is 352 g/mol. The third-order valence-corrected chi connectivity index (χ3v) is 6.07.